The number of rotatable bonds is 10. The van der Waals surface area contributed by atoms with E-state index in [1.807, 2.05) is 48.5 Å². The molecule has 10 nitrogen and oxygen atoms in total. The van der Waals surface area contributed by atoms with Crippen molar-refractivity contribution in [2.75, 3.05) is 25.0 Å². The molecule has 1 aliphatic rings. The smallest absolute Gasteiger partial charge is 0.326 e. The van der Waals surface area contributed by atoms with E-state index in [9.17, 15) is 14.7 Å². The van der Waals surface area contributed by atoms with Crippen molar-refractivity contribution in [2.45, 2.75) is 31.7 Å². The van der Waals surface area contributed by atoms with Gasteiger partial charge in [0.25, 0.3) is 6.01 Å². The minimum atomic E-state index is -1.01. The molecule has 5 rings (SSSR count). The third-order valence-electron chi connectivity index (χ3n) is 6.19. The molecule has 0 saturated heterocycles. The van der Waals surface area contributed by atoms with Crippen LogP contribution in [0, 0.1) is 0 Å². The summed E-state index contributed by atoms with van der Waals surface area (Å²) in [7, 11) is 0. The number of oxazole rings is 1. The number of aromatic nitrogens is 1. The Balaban J connectivity index is 1.12. The number of carboxylic acid groups (broad SMARTS) is 1. The maximum atomic E-state index is 12.0. The molecule has 3 aromatic carbocycles. The van der Waals surface area contributed by atoms with Crippen molar-refractivity contribution in [3.05, 3.63) is 66.2 Å². The van der Waals surface area contributed by atoms with Gasteiger partial charge in [0.05, 0.1) is 6.61 Å². The van der Waals surface area contributed by atoms with Crippen LogP contribution in [0.4, 0.5) is 6.01 Å². The quantitative estimate of drug-likeness (QED) is 0.235. The summed E-state index contributed by atoms with van der Waals surface area (Å²) in [5.41, 5.74) is 2.07. The molecule has 4 aromatic rings. The predicted molar refractivity (Wildman–Crippen MR) is 145 cm³/mol. The second-order valence-corrected chi connectivity index (χ2v) is 9.08. The zero-order valence-corrected chi connectivity index (χ0v) is 20.8. The Morgan fingerprint density at radius 1 is 1.11 bits per heavy atom. The van der Waals surface area contributed by atoms with Crippen molar-refractivity contribution in [1.29, 1.82) is 0 Å². The largest absolute Gasteiger partial charge is 0.494 e. The van der Waals surface area contributed by atoms with E-state index < -0.39 is 12.0 Å². The van der Waals surface area contributed by atoms with Gasteiger partial charge in [0, 0.05) is 25.9 Å². The van der Waals surface area contributed by atoms with Gasteiger partial charge in [0.1, 0.15) is 17.3 Å². The second-order valence-electron chi connectivity index (χ2n) is 9.08. The number of carbonyl (C=O) groups excluding carboxylic acids is 1. The van der Waals surface area contributed by atoms with Crippen molar-refractivity contribution < 1.29 is 23.8 Å². The van der Waals surface area contributed by atoms with Crippen LogP contribution in [0.2, 0.25) is 0 Å². The van der Waals surface area contributed by atoms with E-state index in [4.69, 9.17) is 9.15 Å². The Hall–Kier alpha value is -4.60. The van der Waals surface area contributed by atoms with Crippen LogP contribution in [0.25, 0.3) is 21.9 Å². The second kappa shape index (κ2) is 11.6. The average Bonchev–Trinajstić information content (AvgIpc) is 3.31. The van der Waals surface area contributed by atoms with Crippen LogP contribution in [0.1, 0.15) is 24.8 Å². The van der Waals surface area contributed by atoms with Crippen molar-refractivity contribution in [3.8, 4) is 5.75 Å². The number of amides is 1. The lowest BCUT2D eigenvalue weighted by atomic mass is 10.1. The number of carboxylic acids is 1. The number of hydrogen-bond donors (Lipinski definition) is 4. The van der Waals surface area contributed by atoms with Gasteiger partial charge in [-0.1, -0.05) is 36.4 Å². The number of fused-ring (bicyclic) bond motifs is 2. The summed E-state index contributed by atoms with van der Waals surface area (Å²) < 4.78 is 11.5. The zero-order valence-electron chi connectivity index (χ0n) is 20.8. The summed E-state index contributed by atoms with van der Waals surface area (Å²) >= 11 is 0. The zero-order chi connectivity index (χ0) is 26.3. The first kappa shape index (κ1) is 25.1. The van der Waals surface area contributed by atoms with Crippen molar-refractivity contribution in [3.63, 3.8) is 0 Å². The molecule has 0 bridgehead atoms. The molecule has 38 heavy (non-hydrogen) atoms. The Labute approximate surface area is 219 Å². The molecule has 10 heteroatoms. The Kier molecular flexibility index (Phi) is 7.67. The van der Waals surface area contributed by atoms with Crippen LogP contribution in [-0.4, -0.2) is 53.7 Å². The number of aliphatic carboxylic acids is 1. The van der Waals surface area contributed by atoms with Gasteiger partial charge in [0.15, 0.2) is 11.5 Å². The van der Waals surface area contributed by atoms with Crippen molar-refractivity contribution in [1.82, 2.24) is 15.6 Å². The molecule has 0 spiro atoms. The van der Waals surface area contributed by atoms with E-state index in [0.717, 1.165) is 35.8 Å². The van der Waals surface area contributed by atoms with Gasteiger partial charge < -0.3 is 24.9 Å². The molecule has 2 heterocycles. The predicted octanol–water partition coefficient (Wildman–Crippen LogP) is 3.71. The number of benzene rings is 3. The molecule has 1 aromatic heterocycles. The Morgan fingerprint density at radius 3 is 2.63 bits per heavy atom. The van der Waals surface area contributed by atoms with E-state index in [1.54, 1.807) is 12.1 Å². The van der Waals surface area contributed by atoms with Gasteiger partial charge in [-0.05, 0) is 53.4 Å². The first-order valence-corrected chi connectivity index (χ1v) is 12.6. The number of guanidine groups is 1. The van der Waals surface area contributed by atoms with Crippen LogP contribution in [-0.2, 0) is 16.0 Å². The fourth-order valence-electron chi connectivity index (χ4n) is 4.21. The highest BCUT2D eigenvalue weighted by atomic mass is 16.5. The number of nitrogens with one attached hydrogen (secondary N) is 3. The normalized spacial score (nSPS) is 13.9. The summed E-state index contributed by atoms with van der Waals surface area (Å²) in [6.45, 7) is 1.92. The molecule has 0 radical (unpaired) electrons. The first-order valence-electron chi connectivity index (χ1n) is 12.6. The number of anilines is 1. The average molecular weight is 516 g/mol. The Morgan fingerprint density at radius 2 is 1.89 bits per heavy atom. The van der Waals surface area contributed by atoms with Crippen LogP contribution in [0.15, 0.2) is 70.1 Å². The van der Waals surface area contributed by atoms with E-state index in [1.165, 1.54) is 0 Å². The molecular weight excluding hydrogens is 486 g/mol. The van der Waals surface area contributed by atoms with E-state index >= 15 is 0 Å². The lowest BCUT2D eigenvalue weighted by molar-refractivity contribution is -0.138. The molecule has 196 valence electrons. The number of carbonyl (C=O) groups is 2. The highest BCUT2D eigenvalue weighted by Gasteiger charge is 2.21. The van der Waals surface area contributed by atoms with Gasteiger partial charge in [-0.15, -0.1) is 0 Å². The summed E-state index contributed by atoms with van der Waals surface area (Å²) in [5, 5.41) is 20.6. The number of aliphatic imine (C=N–C) groups is 1. The molecule has 1 amide bonds. The molecule has 0 fully saturated rings. The number of ether oxygens (including phenoxy) is 1. The van der Waals surface area contributed by atoms with Gasteiger partial charge in [-0.25, -0.2) is 4.79 Å². The summed E-state index contributed by atoms with van der Waals surface area (Å²) in [5.74, 6) is 0.0804. The monoisotopic (exact) mass is 515 g/mol. The SMILES string of the molecule is O=C(CCCOc1ccc(CC(Nc2nc3cc4ccccc4cc3o2)C(=O)O)cc1)NC1=NCCCN1. The lowest BCUT2D eigenvalue weighted by Crippen LogP contribution is -2.43. The van der Waals surface area contributed by atoms with Gasteiger partial charge in [-0.3, -0.25) is 15.1 Å². The van der Waals surface area contributed by atoms with Crippen molar-refractivity contribution >= 4 is 45.7 Å². The van der Waals surface area contributed by atoms with Crippen molar-refractivity contribution in [2.24, 2.45) is 4.99 Å². The highest BCUT2D eigenvalue weighted by Crippen LogP contribution is 2.26. The molecule has 0 aliphatic carbocycles. The fourth-order valence-corrected chi connectivity index (χ4v) is 4.21. The third-order valence-corrected chi connectivity index (χ3v) is 6.19. The maximum absolute atomic E-state index is 12.0. The molecule has 0 saturated carbocycles. The fraction of sp³-hybridized carbons (Fsp3) is 0.286. The summed E-state index contributed by atoms with van der Waals surface area (Å²) in [6.07, 6.45) is 2.09. The van der Waals surface area contributed by atoms with Crippen LogP contribution in [0.3, 0.4) is 0 Å². The molecular formula is C28H29N5O5. The number of hydrogen-bond acceptors (Lipinski definition) is 8. The highest BCUT2D eigenvalue weighted by molar-refractivity contribution is 5.97. The van der Waals surface area contributed by atoms with Crippen LogP contribution >= 0.6 is 0 Å². The van der Waals surface area contributed by atoms with Gasteiger partial charge in [-0.2, -0.15) is 4.98 Å². The Bertz CT molecular complexity index is 1410. The van der Waals surface area contributed by atoms with Gasteiger partial charge >= 0.3 is 5.97 Å². The first-order chi connectivity index (χ1) is 18.5. The van der Waals surface area contributed by atoms with E-state index in [0.29, 0.717) is 42.3 Å². The van der Waals surface area contributed by atoms with Crippen LogP contribution < -0.4 is 20.7 Å². The minimum absolute atomic E-state index is 0.100. The summed E-state index contributed by atoms with van der Waals surface area (Å²) in [4.78, 5) is 32.6. The standard InChI is InChI=1S/C28H29N5O5/c34-25(33-27-29-12-4-13-30-27)7-3-14-37-21-10-8-18(9-11-21)15-23(26(35)36)32-28-31-22-16-19-5-1-2-6-20(19)17-24(22)38-28/h1-2,5-6,8-11,16-17,23H,3-4,7,12-15H2,(H,31,32)(H,35,36)(H2,29,30,33,34). The van der Waals surface area contributed by atoms with E-state index in [2.05, 4.69) is 25.9 Å². The van der Waals surface area contributed by atoms with Crippen LogP contribution in [0.5, 0.6) is 5.75 Å². The maximum Gasteiger partial charge on any atom is 0.326 e. The molecule has 4 N–H and O–H groups in total. The van der Waals surface area contributed by atoms with E-state index in [-0.39, 0.29) is 18.3 Å². The topological polar surface area (TPSA) is 138 Å². The molecule has 1 aliphatic heterocycles. The minimum Gasteiger partial charge on any atom is -0.494 e. The van der Waals surface area contributed by atoms with Gasteiger partial charge in [0.2, 0.25) is 5.91 Å². The molecule has 1 unspecified atom stereocenters. The lowest BCUT2D eigenvalue weighted by Gasteiger charge is -2.15. The third kappa shape index (κ3) is 6.39. The molecule has 1 atom stereocenters. The summed E-state index contributed by atoms with van der Waals surface area (Å²) in [6, 6.07) is 18.2. The number of nitrogens with zero attached hydrogens (tertiary/aromatic N) is 2.